The summed E-state index contributed by atoms with van der Waals surface area (Å²) in [6.07, 6.45) is 3.44. The fourth-order valence-electron chi connectivity index (χ4n) is 6.07. The highest BCUT2D eigenvalue weighted by molar-refractivity contribution is 6.05. The number of nitrogens with two attached hydrogens (primary N) is 1. The third-order valence-corrected chi connectivity index (χ3v) is 7.53. The Labute approximate surface area is 198 Å². The fourth-order valence-corrected chi connectivity index (χ4v) is 6.07. The zero-order valence-electron chi connectivity index (χ0n) is 18.6. The topological polar surface area (TPSA) is 113 Å². The summed E-state index contributed by atoms with van der Waals surface area (Å²) in [6.45, 7) is 2.02. The van der Waals surface area contributed by atoms with Crippen molar-refractivity contribution in [3.05, 3.63) is 46.8 Å². The van der Waals surface area contributed by atoms with E-state index in [2.05, 4.69) is 20.2 Å². The minimum Gasteiger partial charge on any atom is -0.439 e. The normalized spacial score (nSPS) is 21.1. The van der Waals surface area contributed by atoms with E-state index in [-0.39, 0.29) is 64.4 Å². The van der Waals surface area contributed by atoms with Crippen molar-refractivity contribution in [1.29, 1.82) is 5.26 Å². The van der Waals surface area contributed by atoms with Crippen molar-refractivity contribution >= 4 is 33.6 Å². The number of hydrogen-bond acceptors (Lipinski definition) is 8. The molecule has 2 fully saturated rings. The number of nitriles is 1. The highest BCUT2D eigenvalue weighted by Gasteiger charge is 2.40. The number of fused-ring (bicyclic) bond motifs is 6. The van der Waals surface area contributed by atoms with Crippen LogP contribution in [0.15, 0.2) is 22.9 Å². The molecule has 2 aromatic carbocycles. The molecule has 176 valence electrons. The van der Waals surface area contributed by atoms with Crippen LogP contribution < -0.4 is 16.0 Å². The molecule has 35 heavy (non-hydrogen) atoms. The Morgan fingerprint density at radius 2 is 1.83 bits per heavy atom. The van der Waals surface area contributed by atoms with Crippen LogP contribution in [0, 0.1) is 23.0 Å². The lowest BCUT2D eigenvalue weighted by atomic mass is 9.90. The van der Waals surface area contributed by atoms with E-state index in [4.69, 9.17) is 14.9 Å². The Bertz CT molecular complexity index is 1580. The van der Waals surface area contributed by atoms with Crippen molar-refractivity contribution in [1.82, 2.24) is 15.3 Å². The van der Waals surface area contributed by atoms with Crippen LogP contribution in [0.2, 0.25) is 0 Å². The highest BCUT2D eigenvalue weighted by atomic mass is 19.1. The van der Waals surface area contributed by atoms with Gasteiger partial charge in [-0.15, -0.1) is 0 Å². The first kappa shape index (κ1) is 20.6. The van der Waals surface area contributed by atoms with E-state index >= 15 is 8.78 Å². The summed E-state index contributed by atoms with van der Waals surface area (Å²) in [5, 5.41) is 13.9. The van der Waals surface area contributed by atoms with Gasteiger partial charge in [0.25, 0.3) is 0 Å². The van der Waals surface area contributed by atoms with E-state index < -0.39 is 11.6 Å². The van der Waals surface area contributed by atoms with Gasteiger partial charge in [-0.25, -0.2) is 18.7 Å². The number of furan rings is 1. The Kier molecular flexibility index (Phi) is 4.31. The van der Waals surface area contributed by atoms with Gasteiger partial charge in [0.2, 0.25) is 5.88 Å². The molecule has 7 rings (SSSR count). The van der Waals surface area contributed by atoms with Crippen molar-refractivity contribution in [3.63, 3.8) is 0 Å². The highest BCUT2D eigenvalue weighted by Crippen LogP contribution is 2.47. The van der Waals surface area contributed by atoms with Gasteiger partial charge in [-0.1, -0.05) is 0 Å². The molecule has 0 radical (unpaired) electrons. The number of nitrogen functional groups attached to an aromatic ring is 1. The molecule has 0 aliphatic carbocycles. The molecule has 2 atom stereocenters. The number of benzene rings is 2. The van der Waals surface area contributed by atoms with Crippen LogP contribution in [-0.2, 0) is 18.0 Å². The monoisotopic (exact) mass is 474 g/mol. The molecule has 0 saturated carbocycles. The molecule has 2 saturated heterocycles. The molecule has 10 heteroatoms. The predicted molar refractivity (Wildman–Crippen MR) is 124 cm³/mol. The van der Waals surface area contributed by atoms with Gasteiger partial charge in [0, 0.05) is 36.3 Å². The molecule has 3 aliphatic heterocycles. The average Bonchev–Trinajstić information content (AvgIpc) is 3.53. The lowest BCUT2D eigenvalue weighted by Gasteiger charge is -2.37. The van der Waals surface area contributed by atoms with Crippen molar-refractivity contribution in [2.45, 2.75) is 38.1 Å². The Morgan fingerprint density at radius 3 is 2.60 bits per heavy atom. The summed E-state index contributed by atoms with van der Waals surface area (Å²) in [5.74, 6) is -0.801. The summed E-state index contributed by atoms with van der Waals surface area (Å²) in [6, 6.07) is 5.09. The van der Waals surface area contributed by atoms with Gasteiger partial charge >= 0.3 is 0 Å². The number of piperazine rings is 1. The first-order valence-corrected chi connectivity index (χ1v) is 11.5. The van der Waals surface area contributed by atoms with Gasteiger partial charge in [0.15, 0.2) is 5.82 Å². The van der Waals surface area contributed by atoms with Crippen molar-refractivity contribution in [3.8, 4) is 17.2 Å². The Hall–Kier alpha value is -3.81. The second-order valence-corrected chi connectivity index (χ2v) is 9.26. The van der Waals surface area contributed by atoms with E-state index in [0.717, 1.165) is 31.5 Å². The van der Waals surface area contributed by atoms with Crippen LogP contribution in [0.4, 0.5) is 20.5 Å². The third kappa shape index (κ3) is 2.70. The number of halogens is 2. The van der Waals surface area contributed by atoms with Gasteiger partial charge in [-0.2, -0.15) is 5.26 Å². The van der Waals surface area contributed by atoms with Crippen molar-refractivity contribution in [2.24, 2.45) is 0 Å². The number of rotatable bonds is 2. The van der Waals surface area contributed by atoms with E-state index in [1.807, 2.05) is 6.07 Å². The summed E-state index contributed by atoms with van der Waals surface area (Å²) >= 11 is 0. The molecular formula is C25H20F2N6O2. The van der Waals surface area contributed by atoms with Crippen LogP contribution in [0.1, 0.15) is 29.5 Å². The minimum absolute atomic E-state index is 0.0255. The van der Waals surface area contributed by atoms with Gasteiger partial charge in [0.05, 0.1) is 24.0 Å². The molecule has 5 heterocycles. The van der Waals surface area contributed by atoms with Crippen LogP contribution >= 0.6 is 0 Å². The number of ether oxygens (including phenoxy) is 1. The first-order valence-electron chi connectivity index (χ1n) is 11.5. The molecule has 2 bridgehead atoms. The number of anilines is 2. The van der Waals surface area contributed by atoms with Gasteiger partial charge < -0.3 is 25.1 Å². The van der Waals surface area contributed by atoms with Crippen LogP contribution in [0.5, 0.6) is 0 Å². The lowest BCUT2D eigenvalue weighted by molar-refractivity contribution is 0.135. The fraction of sp³-hybridized carbons (Fsp3) is 0.320. The Balaban J connectivity index is 1.57. The van der Waals surface area contributed by atoms with Gasteiger partial charge in [0.1, 0.15) is 40.7 Å². The summed E-state index contributed by atoms with van der Waals surface area (Å²) in [4.78, 5) is 11.2. The standard InChI is InChI=1S/C25H20F2N6O2/c26-16-3-4-17-18(13(5-28)24(29)35-17)21(16)19-14-8-34-9-15(14)20-23(22(19)27)31-10-32-25(20)33-11-1-2-12(33)7-30-6-11/h3-4,10-12,30H,1-2,6-9,29H2. The smallest absolute Gasteiger partial charge is 0.209 e. The number of aromatic nitrogens is 2. The zero-order chi connectivity index (χ0) is 23.8. The molecule has 2 aromatic heterocycles. The molecule has 0 spiro atoms. The second-order valence-electron chi connectivity index (χ2n) is 9.26. The lowest BCUT2D eigenvalue weighted by Crippen LogP contribution is -2.52. The molecule has 4 aromatic rings. The summed E-state index contributed by atoms with van der Waals surface area (Å²) in [7, 11) is 0. The Morgan fingerprint density at radius 1 is 1.06 bits per heavy atom. The van der Waals surface area contributed by atoms with Crippen LogP contribution in [0.25, 0.3) is 33.0 Å². The van der Waals surface area contributed by atoms with Gasteiger partial charge in [-0.05, 0) is 36.1 Å². The molecule has 0 amide bonds. The molecule has 2 unspecified atom stereocenters. The van der Waals surface area contributed by atoms with Crippen molar-refractivity contribution < 1.29 is 17.9 Å². The maximum absolute atomic E-state index is 16.4. The van der Waals surface area contributed by atoms with E-state index in [1.165, 1.54) is 18.5 Å². The summed E-state index contributed by atoms with van der Waals surface area (Å²) < 4.78 is 43.1. The first-order chi connectivity index (χ1) is 17.1. The molecule has 3 N–H and O–H groups in total. The SMILES string of the molecule is N#Cc1c(N)oc2ccc(F)c(-c3c4c(c5c(N6C7CCC6CNC7)ncnc5c3F)COC4)c12. The summed E-state index contributed by atoms with van der Waals surface area (Å²) in [5.41, 5.74) is 7.41. The van der Waals surface area contributed by atoms with E-state index in [9.17, 15) is 5.26 Å². The maximum Gasteiger partial charge on any atom is 0.209 e. The zero-order valence-corrected chi connectivity index (χ0v) is 18.6. The second kappa shape index (κ2) is 7.34. The average molecular weight is 474 g/mol. The molecular weight excluding hydrogens is 454 g/mol. The van der Waals surface area contributed by atoms with Crippen LogP contribution in [0.3, 0.4) is 0 Å². The number of nitrogens with one attached hydrogen (secondary N) is 1. The van der Waals surface area contributed by atoms with E-state index in [1.54, 1.807) is 0 Å². The molecule has 3 aliphatic rings. The molecule has 8 nitrogen and oxygen atoms in total. The largest absolute Gasteiger partial charge is 0.439 e. The number of nitrogens with zero attached hydrogens (tertiary/aromatic N) is 4. The predicted octanol–water partition coefficient (Wildman–Crippen LogP) is 3.75. The van der Waals surface area contributed by atoms with Crippen molar-refractivity contribution in [2.75, 3.05) is 23.7 Å². The van der Waals surface area contributed by atoms with E-state index in [0.29, 0.717) is 16.8 Å². The number of hydrogen-bond donors (Lipinski definition) is 2. The quantitative estimate of drug-likeness (QED) is 0.452. The minimum atomic E-state index is -0.684. The van der Waals surface area contributed by atoms with Gasteiger partial charge in [-0.3, -0.25) is 0 Å². The van der Waals surface area contributed by atoms with Crippen LogP contribution in [-0.4, -0.2) is 35.1 Å². The maximum atomic E-state index is 16.4. The third-order valence-electron chi connectivity index (χ3n) is 7.53.